The van der Waals surface area contributed by atoms with Gasteiger partial charge in [0.2, 0.25) is 5.91 Å². The third-order valence-corrected chi connectivity index (χ3v) is 2.02. The van der Waals surface area contributed by atoms with Crippen LogP contribution in [0.4, 0.5) is 0 Å². The Morgan fingerprint density at radius 1 is 1.56 bits per heavy atom. The first-order valence-corrected chi connectivity index (χ1v) is 4.60. The Labute approximate surface area is 91.7 Å². The Balaban J connectivity index is 2.82. The fraction of sp³-hybridized carbons (Fsp3) is 0.300. The lowest BCUT2D eigenvalue weighted by molar-refractivity contribution is -0.121. The van der Waals surface area contributed by atoms with Crippen molar-refractivity contribution < 1.29 is 19.8 Å². The fourth-order valence-electron chi connectivity index (χ4n) is 1.22. The molecule has 4 N–H and O–H groups in total. The van der Waals surface area contributed by atoms with E-state index in [9.17, 15) is 19.8 Å². The van der Waals surface area contributed by atoms with E-state index in [2.05, 4.69) is 4.98 Å². The van der Waals surface area contributed by atoms with Gasteiger partial charge in [0.1, 0.15) is 12.4 Å². The first-order chi connectivity index (χ1) is 7.54. The summed E-state index contributed by atoms with van der Waals surface area (Å²) in [6.45, 7) is 0. The number of nitrogens with zero attached hydrogens (tertiary/aromatic N) is 1. The van der Waals surface area contributed by atoms with Gasteiger partial charge in [-0.2, -0.15) is 0 Å². The van der Waals surface area contributed by atoms with Crippen LogP contribution in [-0.2, 0) is 4.79 Å². The summed E-state index contributed by atoms with van der Waals surface area (Å²) in [5.74, 6) is -0.724. The van der Waals surface area contributed by atoms with Crippen LogP contribution in [0.15, 0.2) is 18.3 Å². The van der Waals surface area contributed by atoms with Crippen molar-refractivity contribution in [1.82, 2.24) is 4.98 Å². The zero-order chi connectivity index (χ0) is 12.1. The van der Waals surface area contributed by atoms with Crippen molar-refractivity contribution in [1.29, 1.82) is 0 Å². The van der Waals surface area contributed by atoms with Crippen LogP contribution in [0.2, 0.25) is 0 Å². The quantitative estimate of drug-likeness (QED) is 0.564. The second-order valence-corrected chi connectivity index (χ2v) is 3.31. The van der Waals surface area contributed by atoms with Crippen molar-refractivity contribution >= 4 is 12.2 Å². The first-order valence-electron chi connectivity index (χ1n) is 4.60. The Hall–Kier alpha value is -1.79. The summed E-state index contributed by atoms with van der Waals surface area (Å²) < 4.78 is 0. The molecule has 2 unspecified atom stereocenters. The van der Waals surface area contributed by atoms with Gasteiger partial charge in [-0.05, 0) is 12.1 Å². The summed E-state index contributed by atoms with van der Waals surface area (Å²) >= 11 is 0. The molecular weight excluding hydrogens is 212 g/mol. The molecule has 0 aromatic carbocycles. The second-order valence-electron chi connectivity index (χ2n) is 3.31. The molecule has 0 aliphatic heterocycles. The molecule has 0 saturated carbocycles. The van der Waals surface area contributed by atoms with Crippen LogP contribution >= 0.6 is 0 Å². The molecule has 0 radical (unpaired) electrons. The van der Waals surface area contributed by atoms with Crippen LogP contribution in [0.5, 0.6) is 0 Å². The van der Waals surface area contributed by atoms with Crippen LogP contribution in [0, 0.1) is 0 Å². The van der Waals surface area contributed by atoms with Crippen molar-refractivity contribution in [3.05, 3.63) is 29.6 Å². The number of aldehydes is 1. The van der Waals surface area contributed by atoms with Crippen LogP contribution < -0.4 is 5.73 Å². The molecule has 16 heavy (non-hydrogen) atoms. The monoisotopic (exact) mass is 224 g/mol. The third kappa shape index (κ3) is 3.11. The van der Waals surface area contributed by atoms with E-state index >= 15 is 0 Å². The molecule has 1 aromatic rings. The SMILES string of the molecule is NC(=O)CC(O)C(O)c1cc(C=O)ccn1. The molecule has 1 heterocycles. The Morgan fingerprint density at radius 3 is 2.81 bits per heavy atom. The van der Waals surface area contributed by atoms with Gasteiger partial charge in [0.15, 0.2) is 0 Å². The second kappa shape index (κ2) is 5.34. The molecule has 1 amide bonds. The fourth-order valence-corrected chi connectivity index (χ4v) is 1.22. The Morgan fingerprint density at radius 2 is 2.25 bits per heavy atom. The maximum Gasteiger partial charge on any atom is 0.220 e. The zero-order valence-electron chi connectivity index (χ0n) is 8.41. The van der Waals surface area contributed by atoms with Gasteiger partial charge < -0.3 is 15.9 Å². The number of primary amides is 1. The average molecular weight is 224 g/mol. The molecular formula is C10H12N2O4. The molecule has 0 spiro atoms. The molecule has 0 saturated heterocycles. The number of rotatable bonds is 5. The maximum absolute atomic E-state index is 10.5. The molecule has 0 fully saturated rings. The van der Waals surface area contributed by atoms with E-state index in [-0.39, 0.29) is 12.1 Å². The summed E-state index contributed by atoms with van der Waals surface area (Å²) in [6, 6.07) is 2.80. The summed E-state index contributed by atoms with van der Waals surface area (Å²) in [4.78, 5) is 24.8. The highest BCUT2D eigenvalue weighted by molar-refractivity contribution is 5.75. The predicted molar refractivity (Wildman–Crippen MR) is 54.4 cm³/mol. The molecule has 6 heteroatoms. The minimum atomic E-state index is -1.34. The highest BCUT2D eigenvalue weighted by Gasteiger charge is 2.21. The normalized spacial score (nSPS) is 14.1. The number of carbonyl (C=O) groups is 2. The van der Waals surface area contributed by atoms with Crippen molar-refractivity contribution in [3.8, 4) is 0 Å². The number of pyridine rings is 1. The van der Waals surface area contributed by atoms with Gasteiger partial charge in [-0.1, -0.05) is 0 Å². The van der Waals surface area contributed by atoms with Gasteiger partial charge in [0, 0.05) is 11.8 Å². The number of aliphatic hydroxyl groups is 2. The van der Waals surface area contributed by atoms with Gasteiger partial charge in [0.25, 0.3) is 0 Å². The van der Waals surface area contributed by atoms with Crippen LogP contribution in [-0.4, -0.2) is 33.5 Å². The average Bonchev–Trinajstić information content (AvgIpc) is 2.27. The van der Waals surface area contributed by atoms with Crippen LogP contribution in [0.1, 0.15) is 28.6 Å². The van der Waals surface area contributed by atoms with Crippen molar-refractivity contribution in [2.45, 2.75) is 18.6 Å². The van der Waals surface area contributed by atoms with E-state index < -0.39 is 18.1 Å². The molecule has 1 rings (SSSR count). The smallest absolute Gasteiger partial charge is 0.220 e. The minimum absolute atomic E-state index is 0.123. The van der Waals surface area contributed by atoms with Crippen LogP contribution in [0.3, 0.4) is 0 Å². The Kier molecular flexibility index (Phi) is 4.10. The van der Waals surface area contributed by atoms with Gasteiger partial charge >= 0.3 is 0 Å². The van der Waals surface area contributed by atoms with E-state index in [4.69, 9.17) is 5.73 Å². The summed E-state index contributed by atoms with van der Waals surface area (Å²) in [5, 5.41) is 19.0. The van der Waals surface area contributed by atoms with E-state index in [0.29, 0.717) is 11.8 Å². The van der Waals surface area contributed by atoms with Gasteiger partial charge in [-0.25, -0.2) is 0 Å². The van der Waals surface area contributed by atoms with E-state index in [1.54, 1.807) is 0 Å². The molecule has 1 aromatic heterocycles. The molecule has 0 aliphatic rings. The number of carbonyl (C=O) groups excluding carboxylic acids is 2. The molecule has 0 bridgehead atoms. The summed E-state index contributed by atoms with van der Waals surface area (Å²) in [7, 11) is 0. The van der Waals surface area contributed by atoms with Crippen molar-refractivity contribution in [2.75, 3.05) is 0 Å². The van der Waals surface area contributed by atoms with Gasteiger partial charge in [0.05, 0.1) is 18.2 Å². The number of nitrogens with two attached hydrogens (primary N) is 1. The number of amides is 1. The van der Waals surface area contributed by atoms with E-state index in [1.807, 2.05) is 0 Å². The number of aromatic nitrogens is 1. The molecule has 6 nitrogen and oxygen atoms in total. The number of aliphatic hydroxyl groups excluding tert-OH is 2. The molecule has 0 aliphatic carbocycles. The van der Waals surface area contributed by atoms with Crippen molar-refractivity contribution in [3.63, 3.8) is 0 Å². The van der Waals surface area contributed by atoms with E-state index in [0.717, 1.165) is 0 Å². The summed E-state index contributed by atoms with van der Waals surface area (Å²) in [6.07, 6.45) is -1.11. The lowest BCUT2D eigenvalue weighted by Gasteiger charge is -2.15. The predicted octanol–water partition coefficient (Wildman–Crippen LogP) is -0.836. The van der Waals surface area contributed by atoms with Crippen molar-refractivity contribution in [2.24, 2.45) is 5.73 Å². The summed E-state index contributed by atoms with van der Waals surface area (Å²) in [5.41, 5.74) is 5.33. The van der Waals surface area contributed by atoms with Gasteiger partial charge in [-0.15, -0.1) is 0 Å². The minimum Gasteiger partial charge on any atom is -0.389 e. The largest absolute Gasteiger partial charge is 0.389 e. The van der Waals surface area contributed by atoms with Gasteiger partial charge in [-0.3, -0.25) is 14.6 Å². The number of hydrogen-bond donors (Lipinski definition) is 3. The Bertz CT molecular complexity index is 394. The first kappa shape index (κ1) is 12.3. The highest BCUT2D eigenvalue weighted by atomic mass is 16.3. The molecule has 86 valence electrons. The molecule has 2 atom stereocenters. The highest BCUT2D eigenvalue weighted by Crippen LogP contribution is 2.17. The zero-order valence-corrected chi connectivity index (χ0v) is 8.41. The topological polar surface area (TPSA) is 114 Å². The van der Waals surface area contributed by atoms with Crippen LogP contribution in [0.25, 0.3) is 0 Å². The standard InChI is InChI=1S/C10H12N2O4/c11-9(15)4-8(14)10(16)7-3-6(5-13)1-2-12-7/h1-3,5,8,10,14,16H,4H2,(H2,11,15). The van der Waals surface area contributed by atoms with E-state index in [1.165, 1.54) is 18.3 Å². The number of hydrogen-bond acceptors (Lipinski definition) is 5. The maximum atomic E-state index is 10.5. The lowest BCUT2D eigenvalue weighted by Crippen LogP contribution is -2.26. The lowest BCUT2D eigenvalue weighted by atomic mass is 10.1. The third-order valence-electron chi connectivity index (χ3n) is 2.02.